The molecule has 0 saturated carbocycles. The van der Waals surface area contributed by atoms with Gasteiger partial charge in [0.1, 0.15) is 0 Å². The molecule has 1 N–H and O–H groups in total. The van der Waals surface area contributed by atoms with E-state index in [4.69, 9.17) is 15.0 Å². The lowest BCUT2D eigenvalue weighted by Gasteiger charge is -2.19. The molecule has 4 nitrogen and oxygen atoms in total. The van der Waals surface area contributed by atoms with Crippen LogP contribution in [0, 0.1) is 0 Å². The summed E-state index contributed by atoms with van der Waals surface area (Å²) in [6, 6.07) is 61.6. The summed E-state index contributed by atoms with van der Waals surface area (Å²) in [6.07, 6.45) is 28.7. The van der Waals surface area contributed by atoms with E-state index in [1.165, 1.54) is 49.4 Å². The molecule has 0 bridgehead atoms. The van der Waals surface area contributed by atoms with Crippen molar-refractivity contribution >= 4 is 40.3 Å². The largest absolute Gasteiger partial charge is 0.393 e. The number of hydrogen-bond acceptors (Lipinski definition) is 4. The molecule has 11 rings (SSSR count). The van der Waals surface area contributed by atoms with Gasteiger partial charge in [0.05, 0.1) is 0 Å². The lowest BCUT2D eigenvalue weighted by Crippen LogP contribution is -2.28. The smallest absolute Gasteiger partial charge is 0.164 e. The van der Waals surface area contributed by atoms with E-state index in [9.17, 15) is 0 Å². The fourth-order valence-electron chi connectivity index (χ4n) is 10.2. The molecule has 0 aliphatic heterocycles. The minimum absolute atomic E-state index is 0.606. The number of hydrogen-bond donors (Lipinski definition) is 1. The second-order valence-electron chi connectivity index (χ2n) is 19.0. The number of aromatic nitrogens is 3. The molecule has 74 heavy (non-hydrogen) atoms. The fourth-order valence-corrected chi connectivity index (χ4v) is 10.2. The molecule has 8 aromatic carbocycles. The van der Waals surface area contributed by atoms with Crippen LogP contribution in [0.1, 0.15) is 60.4 Å². The molecule has 9 aromatic rings. The van der Waals surface area contributed by atoms with Gasteiger partial charge in [0, 0.05) is 29.9 Å². The van der Waals surface area contributed by atoms with Crippen LogP contribution in [0.15, 0.2) is 225 Å². The Hall–Kier alpha value is -8.99. The highest BCUT2D eigenvalue weighted by atomic mass is 15.0. The van der Waals surface area contributed by atoms with E-state index in [1.54, 1.807) is 0 Å². The Balaban J connectivity index is 1.06. The van der Waals surface area contributed by atoms with Gasteiger partial charge < -0.3 is 5.32 Å². The highest BCUT2D eigenvalue weighted by molar-refractivity contribution is 5.97. The molecule has 2 aliphatic rings. The topological polar surface area (TPSA) is 50.7 Å². The minimum Gasteiger partial charge on any atom is -0.393 e. The zero-order chi connectivity index (χ0) is 50.2. The molecule has 4 heteroatoms. The van der Waals surface area contributed by atoms with Crippen LogP contribution in [0.25, 0.3) is 108 Å². The van der Waals surface area contributed by atoms with E-state index in [-0.39, 0.29) is 0 Å². The standard InChI is InChI=1S/C70H58N4/c1-4-5-6-9-19-49-30-32-54(33-31-49)68-72-69(55-40-36-51(37-41-55)50-20-10-7-8-11-21-50)74-70(73-68)62-44-60(43-61(45-62)57-25-18-24-56(42-57)48(2)63-26-14-13-23-59(63)47-71-3)52-34-38-53(39-35-52)67-46-58-22-12-15-27-64(58)65-28-16-17-29-66(65)67/h4,7-10,12-16,18-28,30-47,71H,1,5-6,11,17,29H2,2-3H3/b19-9+,59-47-,63-48+. The van der Waals surface area contributed by atoms with Crippen LogP contribution >= 0.6 is 0 Å². The quantitative estimate of drug-likeness (QED) is 0.0924. The van der Waals surface area contributed by atoms with Crippen molar-refractivity contribution in [2.45, 2.75) is 39.0 Å². The summed E-state index contributed by atoms with van der Waals surface area (Å²) >= 11 is 0. The second kappa shape index (κ2) is 21.8. The summed E-state index contributed by atoms with van der Waals surface area (Å²) in [6.45, 7) is 6.08. The van der Waals surface area contributed by atoms with Crippen LogP contribution in [0.5, 0.6) is 0 Å². The second-order valence-corrected chi connectivity index (χ2v) is 19.0. The molecule has 0 atom stereocenters. The zero-order valence-electron chi connectivity index (χ0n) is 42.1. The van der Waals surface area contributed by atoms with Gasteiger partial charge >= 0.3 is 0 Å². The monoisotopic (exact) mass is 954 g/mol. The number of unbranched alkanes of at least 4 members (excludes halogenated alkanes) is 1. The Morgan fingerprint density at radius 1 is 0.581 bits per heavy atom. The van der Waals surface area contributed by atoms with Crippen molar-refractivity contribution < 1.29 is 0 Å². The lowest BCUT2D eigenvalue weighted by atomic mass is 9.85. The molecular weight excluding hydrogens is 897 g/mol. The van der Waals surface area contributed by atoms with E-state index in [0.717, 1.165) is 93.0 Å². The van der Waals surface area contributed by atoms with Crippen molar-refractivity contribution in [2.75, 3.05) is 7.05 Å². The number of rotatable bonds is 13. The van der Waals surface area contributed by atoms with Gasteiger partial charge in [-0.3, -0.25) is 0 Å². The third-order valence-corrected chi connectivity index (χ3v) is 14.2. The first-order valence-electron chi connectivity index (χ1n) is 25.8. The molecule has 0 fully saturated rings. The Kier molecular flexibility index (Phi) is 13.9. The Morgan fingerprint density at radius 2 is 1.26 bits per heavy atom. The van der Waals surface area contributed by atoms with Gasteiger partial charge in [0.15, 0.2) is 17.5 Å². The molecule has 1 heterocycles. The summed E-state index contributed by atoms with van der Waals surface area (Å²) < 4.78 is 0. The minimum atomic E-state index is 0.606. The molecule has 0 spiro atoms. The van der Waals surface area contributed by atoms with Gasteiger partial charge in [0.25, 0.3) is 0 Å². The Bertz CT molecular complexity index is 3850. The first-order valence-corrected chi connectivity index (χ1v) is 25.8. The summed E-state index contributed by atoms with van der Waals surface area (Å²) in [5.41, 5.74) is 18.2. The van der Waals surface area contributed by atoms with Crippen molar-refractivity contribution in [1.29, 1.82) is 0 Å². The van der Waals surface area contributed by atoms with E-state index in [1.807, 2.05) is 13.1 Å². The van der Waals surface area contributed by atoms with E-state index >= 15 is 0 Å². The molecule has 0 saturated heterocycles. The molecule has 2 aliphatic carbocycles. The van der Waals surface area contributed by atoms with Gasteiger partial charge in [-0.1, -0.05) is 200 Å². The zero-order valence-corrected chi connectivity index (χ0v) is 42.1. The van der Waals surface area contributed by atoms with Crippen molar-refractivity contribution in [3.8, 4) is 67.5 Å². The number of allylic oxidation sites excluding steroid dienone is 9. The number of benzene rings is 8. The number of nitrogens with zero attached hydrogens (tertiary/aromatic N) is 3. The molecule has 1 aromatic heterocycles. The normalized spacial score (nSPS) is 13.7. The maximum Gasteiger partial charge on any atom is 0.164 e. The average molecular weight is 955 g/mol. The predicted molar refractivity (Wildman–Crippen MR) is 314 cm³/mol. The Labute approximate surface area is 435 Å². The third-order valence-electron chi connectivity index (χ3n) is 14.2. The highest BCUT2D eigenvalue weighted by Gasteiger charge is 2.18. The molecule has 0 radical (unpaired) electrons. The highest BCUT2D eigenvalue weighted by Crippen LogP contribution is 2.39. The molecular formula is C70H58N4. The average Bonchev–Trinajstić information content (AvgIpc) is 3.76. The van der Waals surface area contributed by atoms with Crippen molar-refractivity contribution in [3.63, 3.8) is 0 Å². The van der Waals surface area contributed by atoms with Gasteiger partial charge in [-0.25, -0.2) is 15.0 Å². The third kappa shape index (κ3) is 10.2. The number of nitrogens with one attached hydrogen (secondary N) is 1. The van der Waals surface area contributed by atoms with Crippen molar-refractivity contribution in [3.05, 3.63) is 263 Å². The predicted octanol–water partition coefficient (Wildman–Crippen LogP) is 16.0. The first-order chi connectivity index (χ1) is 36.5. The number of fused-ring (bicyclic) bond motifs is 3. The van der Waals surface area contributed by atoms with Crippen molar-refractivity contribution in [1.82, 2.24) is 20.3 Å². The lowest BCUT2D eigenvalue weighted by molar-refractivity contribution is 0.992. The van der Waals surface area contributed by atoms with Gasteiger partial charge in [0.2, 0.25) is 0 Å². The van der Waals surface area contributed by atoms with Crippen LogP contribution < -0.4 is 15.8 Å². The van der Waals surface area contributed by atoms with Gasteiger partial charge in [-0.15, -0.1) is 6.58 Å². The maximum atomic E-state index is 5.33. The Morgan fingerprint density at radius 3 is 2.04 bits per heavy atom. The summed E-state index contributed by atoms with van der Waals surface area (Å²) in [4.78, 5) is 15.9. The summed E-state index contributed by atoms with van der Waals surface area (Å²) in [7, 11) is 1.95. The van der Waals surface area contributed by atoms with E-state index in [2.05, 4.69) is 250 Å². The summed E-state index contributed by atoms with van der Waals surface area (Å²) in [5.74, 6) is 1.84. The molecule has 0 amide bonds. The molecule has 358 valence electrons. The van der Waals surface area contributed by atoms with Crippen LogP contribution in [-0.2, 0) is 6.42 Å². The van der Waals surface area contributed by atoms with Gasteiger partial charge in [-0.05, 0) is 163 Å². The van der Waals surface area contributed by atoms with Crippen molar-refractivity contribution in [2.24, 2.45) is 0 Å². The van der Waals surface area contributed by atoms with E-state index in [0.29, 0.717) is 17.5 Å². The summed E-state index contributed by atoms with van der Waals surface area (Å²) in [5, 5.41) is 8.14. The van der Waals surface area contributed by atoms with Gasteiger partial charge in [-0.2, -0.15) is 0 Å². The van der Waals surface area contributed by atoms with E-state index < -0.39 is 0 Å². The van der Waals surface area contributed by atoms with Crippen LogP contribution in [0.4, 0.5) is 0 Å². The van der Waals surface area contributed by atoms with Crippen LogP contribution in [-0.4, -0.2) is 22.0 Å². The fraction of sp³-hybridized carbons (Fsp3) is 0.100. The first kappa shape index (κ1) is 47.3. The molecule has 0 unspecified atom stereocenters. The SMILES string of the molecule is C=CCC/C=C/c1ccc(-c2nc(-c3ccc(C4=CCC=CC=C4)cc3)nc(-c3cc(-c4ccc(-c5cc6ccccc6c6c5CCC=C6)cc4)cc(-c4cccc(/C(C)=c5\cccc\c5=C\NC)c4)c3)n2)cc1. The van der Waals surface area contributed by atoms with Crippen LogP contribution in [0.3, 0.4) is 0 Å². The van der Waals surface area contributed by atoms with Crippen LogP contribution in [0.2, 0.25) is 0 Å². The maximum absolute atomic E-state index is 5.33.